The van der Waals surface area contributed by atoms with Gasteiger partial charge in [0, 0.05) is 12.3 Å². The van der Waals surface area contributed by atoms with Gasteiger partial charge in [0.1, 0.15) is 23.7 Å². The van der Waals surface area contributed by atoms with Crippen LogP contribution in [0, 0.1) is 0 Å². The Kier molecular flexibility index (Phi) is 6.18. The molecule has 25 heavy (non-hydrogen) atoms. The zero-order valence-corrected chi connectivity index (χ0v) is 14.7. The molecule has 1 aromatic carbocycles. The molecule has 1 heterocycles. The second-order valence-electron chi connectivity index (χ2n) is 4.80. The number of ether oxygens (including phenoxy) is 2. The number of benzene rings is 1. The molecule has 0 unspecified atom stereocenters. The van der Waals surface area contributed by atoms with E-state index in [4.69, 9.17) is 14.6 Å². The van der Waals surface area contributed by atoms with Crippen molar-refractivity contribution in [2.24, 2.45) is 0 Å². The molecule has 0 aliphatic rings. The molecule has 0 amide bonds. The van der Waals surface area contributed by atoms with Gasteiger partial charge in [-0.3, -0.25) is 9.59 Å². The maximum atomic E-state index is 12.2. The zero-order chi connectivity index (χ0) is 18.4. The van der Waals surface area contributed by atoms with E-state index in [-0.39, 0.29) is 11.4 Å². The maximum absolute atomic E-state index is 12.2. The Hall–Kier alpha value is -2.81. The SMILES string of the molecule is COc1ccc(Nc2nc(SC)ncc2C(=O)CC(=O)O)c(OC)c1. The van der Waals surface area contributed by atoms with Crippen LogP contribution in [-0.4, -0.2) is 47.3 Å². The molecule has 0 atom stereocenters. The number of ketones is 1. The molecule has 2 N–H and O–H groups in total. The Morgan fingerprint density at radius 1 is 1.28 bits per heavy atom. The lowest BCUT2D eigenvalue weighted by atomic mass is 10.1. The summed E-state index contributed by atoms with van der Waals surface area (Å²) in [5.41, 5.74) is 0.650. The lowest BCUT2D eigenvalue weighted by Crippen LogP contribution is -2.12. The predicted molar refractivity (Wildman–Crippen MR) is 93.2 cm³/mol. The lowest BCUT2D eigenvalue weighted by molar-refractivity contribution is -0.135. The number of carboxylic acid groups (broad SMARTS) is 1. The molecule has 0 saturated carbocycles. The van der Waals surface area contributed by atoms with Crippen LogP contribution in [0.4, 0.5) is 11.5 Å². The number of anilines is 2. The van der Waals surface area contributed by atoms with E-state index in [9.17, 15) is 9.59 Å². The first-order chi connectivity index (χ1) is 12.0. The van der Waals surface area contributed by atoms with Crippen LogP contribution in [0.15, 0.2) is 29.6 Å². The number of thioether (sulfide) groups is 1. The highest BCUT2D eigenvalue weighted by Crippen LogP contribution is 2.32. The van der Waals surface area contributed by atoms with E-state index in [2.05, 4.69) is 15.3 Å². The van der Waals surface area contributed by atoms with Crippen molar-refractivity contribution in [2.45, 2.75) is 11.6 Å². The summed E-state index contributed by atoms with van der Waals surface area (Å²) in [6.07, 6.45) is 2.48. The monoisotopic (exact) mass is 363 g/mol. The third kappa shape index (κ3) is 4.60. The Balaban J connectivity index is 2.43. The second-order valence-corrected chi connectivity index (χ2v) is 5.58. The van der Waals surface area contributed by atoms with Gasteiger partial charge in [-0.25, -0.2) is 9.97 Å². The number of hydrogen-bond donors (Lipinski definition) is 2. The van der Waals surface area contributed by atoms with Gasteiger partial charge in [-0.2, -0.15) is 0 Å². The summed E-state index contributed by atoms with van der Waals surface area (Å²) in [6.45, 7) is 0. The van der Waals surface area contributed by atoms with Crippen molar-refractivity contribution >= 4 is 35.0 Å². The molecule has 0 saturated heterocycles. The molecule has 0 bridgehead atoms. The Labute approximate surface area is 148 Å². The molecule has 0 spiro atoms. The van der Waals surface area contributed by atoms with Crippen LogP contribution >= 0.6 is 11.8 Å². The van der Waals surface area contributed by atoms with Gasteiger partial charge in [-0.05, 0) is 18.4 Å². The van der Waals surface area contributed by atoms with Gasteiger partial charge in [0.15, 0.2) is 10.9 Å². The lowest BCUT2D eigenvalue weighted by Gasteiger charge is -2.14. The molecule has 8 nitrogen and oxygen atoms in total. The van der Waals surface area contributed by atoms with E-state index in [0.717, 1.165) is 0 Å². The highest BCUT2D eigenvalue weighted by molar-refractivity contribution is 7.98. The number of carbonyl (C=O) groups excluding carboxylic acids is 1. The average Bonchev–Trinajstić information content (AvgIpc) is 2.61. The van der Waals surface area contributed by atoms with Crippen LogP contribution in [0.5, 0.6) is 11.5 Å². The van der Waals surface area contributed by atoms with Gasteiger partial charge in [-0.1, -0.05) is 11.8 Å². The summed E-state index contributed by atoms with van der Waals surface area (Å²) in [4.78, 5) is 31.3. The minimum absolute atomic E-state index is 0.0954. The van der Waals surface area contributed by atoms with Crippen molar-refractivity contribution in [2.75, 3.05) is 25.8 Å². The quantitative estimate of drug-likeness (QED) is 0.316. The molecular weight excluding hydrogens is 346 g/mol. The van der Waals surface area contributed by atoms with Gasteiger partial charge in [0.2, 0.25) is 0 Å². The number of nitrogens with zero attached hydrogens (tertiary/aromatic N) is 2. The summed E-state index contributed by atoms with van der Waals surface area (Å²) >= 11 is 1.30. The van der Waals surface area contributed by atoms with Crippen LogP contribution in [0.3, 0.4) is 0 Å². The molecule has 2 aromatic rings. The number of aromatic nitrogens is 2. The van der Waals surface area contributed by atoms with E-state index in [1.165, 1.54) is 25.1 Å². The first kappa shape index (κ1) is 18.5. The number of carbonyl (C=O) groups is 2. The fourth-order valence-corrected chi connectivity index (χ4v) is 2.37. The summed E-state index contributed by atoms with van der Waals surface area (Å²) in [5, 5.41) is 12.3. The van der Waals surface area contributed by atoms with Crippen LogP contribution in [0.25, 0.3) is 0 Å². The minimum Gasteiger partial charge on any atom is -0.497 e. The normalized spacial score (nSPS) is 10.2. The first-order valence-electron chi connectivity index (χ1n) is 7.13. The first-order valence-corrected chi connectivity index (χ1v) is 8.36. The summed E-state index contributed by atoms with van der Waals surface area (Å²) in [6, 6.07) is 5.11. The van der Waals surface area contributed by atoms with Crippen molar-refractivity contribution in [1.29, 1.82) is 0 Å². The van der Waals surface area contributed by atoms with E-state index in [1.807, 2.05) is 0 Å². The topological polar surface area (TPSA) is 111 Å². The fourth-order valence-electron chi connectivity index (χ4n) is 2.03. The molecule has 0 fully saturated rings. The van der Waals surface area contributed by atoms with Crippen molar-refractivity contribution in [3.8, 4) is 11.5 Å². The number of Topliss-reactive ketones (excluding diaryl/α,β-unsaturated/α-hetero) is 1. The van der Waals surface area contributed by atoms with E-state index in [0.29, 0.717) is 22.3 Å². The Bertz CT molecular complexity index is 797. The molecule has 0 aliphatic heterocycles. The predicted octanol–water partition coefficient (Wildman–Crippen LogP) is 2.62. The number of nitrogens with one attached hydrogen (secondary N) is 1. The molecule has 0 radical (unpaired) electrons. The summed E-state index contributed by atoms with van der Waals surface area (Å²) in [5.74, 6) is -0.492. The number of hydrogen-bond acceptors (Lipinski definition) is 8. The van der Waals surface area contributed by atoms with Crippen molar-refractivity contribution in [3.05, 3.63) is 30.0 Å². The molecule has 2 rings (SSSR count). The van der Waals surface area contributed by atoms with E-state index >= 15 is 0 Å². The van der Waals surface area contributed by atoms with Gasteiger partial charge >= 0.3 is 5.97 Å². The maximum Gasteiger partial charge on any atom is 0.311 e. The number of carboxylic acids is 1. The van der Waals surface area contributed by atoms with Crippen LogP contribution < -0.4 is 14.8 Å². The van der Waals surface area contributed by atoms with Crippen molar-refractivity contribution in [1.82, 2.24) is 9.97 Å². The molecule has 1 aromatic heterocycles. The third-order valence-electron chi connectivity index (χ3n) is 3.22. The number of aliphatic carboxylic acids is 1. The van der Waals surface area contributed by atoms with Gasteiger partial charge in [0.25, 0.3) is 0 Å². The zero-order valence-electron chi connectivity index (χ0n) is 13.9. The summed E-state index contributed by atoms with van der Waals surface area (Å²) < 4.78 is 10.5. The van der Waals surface area contributed by atoms with Crippen molar-refractivity contribution < 1.29 is 24.2 Å². The third-order valence-corrected chi connectivity index (χ3v) is 3.79. The number of methoxy groups -OCH3 is 2. The smallest absolute Gasteiger partial charge is 0.311 e. The van der Waals surface area contributed by atoms with E-state index < -0.39 is 18.2 Å². The van der Waals surface area contributed by atoms with E-state index in [1.54, 1.807) is 31.6 Å². The molecular formula is C16H17N3O5S. The van der Waals surface area contributed by atoms with Gasteiger partial charge < -0.3 is 19.9 Å². The summed E-state index contributed by atoms with van der Waals surface area (Å²) in [7, 11) is 3.05. The number of rotatable bonds is 8. The second kappa shape index (κ2) is 8.34. The van der Waals surface area contributed by atoms with Crippen LogP contribution in [0.1, 0.15) is 16.8 Å². The Morgan fingerprint density at radius 2 is 2.04 bits per heavy atom. The van der Waals surface area contributed by atoms with Crippen LogP contribution in [0.2, 0.25) is 0 Å². The minimum atomic E-state index is -1.22. The fraction of sp³-hybridized carbons (Fsp3) is 0.250. The standard InChI is InChI=1S/C16H17N3O5S/c1-23-9-4-5-11(13(6-9)24-2)18-15-10(12(20)7-14(21)22)8-17-16(19-15)25-3/h4-6,8H,7H2,1-3H3,(H,21,22)(H,17,18,19). The highest BCUT2D eigenvalue weighted by atomic mass is 32.2. The highest BCUT2D eigenvalue weighted by Gasteiger charge is 2.19. The largest absolute Gasteiger partial charge is 0.497 e. The van der Waals surface area contributed by atoms with Gasteiger partial charge in [0.05, 0.1) is 25.5 Å². The molecule has 132 valence electrons. The molecule has 9 heteroatoms. The van der Waals surface area contributed by atoms with Crippen molar-refractivity contribution in [3.63, 3.8) is 0 Å². The van der Waals surface area contributed by atoms with Gasteiger partial charge in [-0.15, -0.1) is 0 Å². The molecule has 0 aliphatic carbocycles. The van der Waals surface area contributed by atoms with Crippen LogP contribution in [-0.2, 0) is 4.79 Å². The Morgan fingerprint density at radius 3 is 2.64 bits per heavy atom. The average molecular weight is 363 g/mol.